The van der Waals surface area contributed by atoms with Crippen molar-refractivity contribution in [3.63, 3.8) is 0 Å². The quantitative estimate of drug-likeness (QED) is 0.390. The normalized spacial score (nSPS) is 15.1. The number of hydrogen-bond acceptors (Lipinski definition) is 5. The van der Waals surface area contributed by atoms with Gasteiger partial charge < -0.3 is 0 Å². The lowest BCUT2D eigenvalue weighted by Gasteiger charge is -2.16. The lowest BCUT2D eigenvalue weighted by Crippen LogP contribution is -2.30. The first-order valence-corrected chi connectivity index (χ1v) is 7.10. The molecule has 0 radical (unpaired) electrons. The molecule has 0 atom stereocenters. The first-order valence-electron chi connectivity index (χ1n) is 5.87. The molecule has 6 nitrogen and oxygen atoms in total. The molecule has 2 rings (SSSR count). The predicted molar refractivity (Wildman–Crippen MR) is 81.3 cm³/mol. The standard InChI is InChI=1S/C13H13N5OS/c1-9-15-7-12(19)18(9)11-5-3-4-10(6-11)17-13(20-2)16-8-14/h3-6H,7H2,1-2H3,(H,16,17). The van der Waals surface area contributed by atoms with E-state index < -0.39 is 0 Å². The third kappa shape index (κ3) is 2.97. The molecule has 0 saturated heterocycles. The highest BCUT2D eigenvalue weighted by Crippen LogP contribution is 2.24. The number of nitrogens with one attached hydrogen (secondary N) is 1. The number of nitrogens with zero attached hydrogens (tertiary/aromatic N) is 4. The second-order valence-electron chi connectivity index (χ2n) is 3.97. The highest BCUT2D eigenvalue weighted by Gasteiger charge is 2.23. The summed E-state index contributed by atoms with van der Waals surface area (Å²) in [7, 11) is 0. The van der Waals surface area contributed by atoms with E-state index in [9.17, 15) is 4.79 Å². The van der Waals surface area contributed by atoms with Gasteiger partial charge in [0.25, 0.3) is 5.91 Å². The van der Waals surface area contributed by atoms with E-state index in [1.165, 1.54) is 11.8 Å². The van der Waals surface area contributed by atoms with E-state index in [0.717, 1.165) is 5.69 Å². The molecular weight excluding hydrogens is 274 g/mol. The van der Waals surface area contributed by atoms with E-state index in [1.54, 1.807) is 17.9 Å². The summed E-state index contributed by atoms with van der Waals surface area (Å²) in [6.07, 6.45) is 3.66. The largest absolute Gasteiger partial charge is 0.272 e. The van der Waals surface area contributed by atoms with Crippen LogP contribution in [0.1, 0.15) is 6.92 Å². The maximum Gasteiger partial charge on any atom is 0.254 e. The Morgan fingerprint density at radius 2 is 2.40 bits per heavy atom. The summed E-state index contributed by atoms with van der Waals surface area (Å²) < 4.78 is 0. The van der Waals surface area contributed by atoms with E-state index in [-0.39, 0.29) is 12.5 Å². The summed E-state index contributed by atoms with van der Waals surface area (Å²) in [5.74, 6) is 0.625. The Balaban J connectivity index is 2.31. The van der Waals surface area contributed by atoms with E-state index >= 15 is 0 Å². The van der Waals surface area contributed by atoms with Crippen molar-refractivity contribution in [1.82, 2.24) is 5.32 Å². The Bertz CT molecular complexity index is 632. The molecule has 0 bridgehead atoms. The molecule has 1 N–H and O–H groups in total. The SMILES string of the molecule is CSC(=Nc1cccc(N2C(=O)CN=C2C)c1)NC#N. The number of amidine groups is 2. The fraction of sp³-hybridized carbons (Fsp3) is 0.231. The van der Waals surface area contributed by atoms with E-state index in [2.05, 4.69) is 15.3 Å². The maximum absolute atomic E-state index is 11.8. The Morgan fingerprint density at radius 3 is 3.00 bits per heavy atom. The molecule has 20 heavy (non-hydrogen) atoms. The molecular formula is C13H13N5OS. The number of anilines is 1. The highest BCUT2D eigenvalue weighted by atomic mass is 32.2. The first-order chi connectivity index (χ1) is 9.65. The predicted octanol–water partition coefficient (Wildman–Crippen LogP) is 1.87. The van der Waals surface area contributed by atoms with E-state index in [4.69, 9.17) is 5.26 Å². The van der Waals surface area contributed by atoms with Gasteiger partial charge in [-0.05, 0) is 31.4 Å². The Kier molecular flexibility index (Phi) is 4.38. The third-order valence-corrected chi connectivity index (χ3v) is 3.27. The minimum atomic E-state index is -0.0520. The molecule has 102 valence electrons. The summed E-state index contributed by atoms with van der Waals surface area (Å²) in [5.41, 5.74) is 1.40. The molecule has 1 aliphatic heterocycles. The van der Waals surface area contributed by atoms with Crippen molar-refractivity contribution in [3.8, 4) is 6.19 Å². The van der Waals surface area contributed by atoms with Crippen LogP contribution in [0.25, 0.3) is 0 Å². The number of nitriles is 1. The fourth-order valence-corrected chi connectivity index (χ4v) is 2.17. The molecule has 0 fully saturated rings. The number of carbonyl (C=O) groups excluding carboxylic acids is 1. The number of amides is 1. The average Bonchev–Trinajstić information content (AvgIpc) is 2.78. The van der Waals surface area contributed by atoms with Crippen LogP contribution in [0.5, 0.6) is 0 Å². The van der Waals surface area contributed by atoms with Crippen LogP contribution in [0.15, 0.2) is 34.3 Å². The summed E-state index contributed by atoms with van der Waals surface area (Å²) in [6.45, 7) is 1.98. The monoisotopic (exact) mass is 287 g/mol. The molecule has 0 aliphatic carbocycles. The zero-order chi connectivity index (χ0) is 14.5. The van der Waals surface area contributed by atoms with Crippen molar-refractivity contribution in [3.05, 3.63) is 24.3 Å². The third-order valence-electron chi connectivity index (χ3n) is 2.69. The van der Waals surface area contributed by atoms with Crippen LogP contribution in [0.4, 0.5) is 11.4 Å². The van der Waals surface area contributed by atoms with Crippen molar-refractivity contribution in [2.45, 2.75) is 6.92 Å². The van der Waals surface area contributed by atoms with Crippen LogP contribution in [0.2, 0.25) is 0 Å². The van der Waals surface area contributed by atoms with Crippen LogP contribution < -0.4 is 10.2 Å². The molecule has 0 aromatic heterocycles. The van der Waals surface area contributed by atoms with Gasteiger partial charge in [-0.1, -0.05) is 17.8 Å². The summed E-state index contributed by atoms with van der Waals surface area (Å²) >= 11 is 1.34. The van der Waals surface area contributed by atoms with Crippen LogP contribution >= 0.6 is 11.8 Å². The number of carbonyl (C=O) groups is 1. The zero-order valence-corrected chi connectivity index (χ0v) is 11.9. The van der Waals surface area contributed by atoms with Gasteiger partial charge in [-0.2, -0.15) is 5.26 Å². The Hall–Kier alpha value is -2.33. The topological polar surface area (TPSA) is 80.8 Å². The Morgan fingerprint density at radius 1 is 1.60 bits per heavy atom. The van der Waals surface area contributed by atoms with E-state index in [1.807, 2.05) is 30.6 Å². The summed E-state index contributed by atoms with van der Waals surface area (Å²) in [5, 5.41) is 11.6. The van der Waals surface area contributed by atoms with Gasteiger partial charge in [0.15, 0.2) is 11.4 Å². The van der Waals surface area contributed by atoms with Crippen molar-refractivity contribution in [2.75, 3.05) is 17.7 Å². The molecule has 7 heteroatoms. The smallest absolute Gasteiger partial charge is 0.254 e. The molecule has 0 spiro atoms. The minimum Gasteiger partial charge on any atom is -0.272 e. The van der Waals surface area contributed by atoms with Gasteiger partial charge in [0.1, 0.15) is 12.4 Å². The van der Waals surface area contributed by atoms with Crippen molar-refractivity contribution in [1.29, 1.82) is 5.26 Å². The second kappa shape index (κ2) is 6.21. The van der Waals surface area contributed by atoms with Crippen molar-refractivity contribution < 1.29 is 4.79 Å². The van der Waals surface area contributed by atoms with Gasteiger partial charge in [0.2, 0.25) is 0 Å². The first kappa shape index (κ1) is 14.1. The number of benzene rings is 1. The molecule has 1 aliphatic rings. The van der Waals surface area contributed by atoms with Crippen LogP contribution in [-0.2, 0) is 4.79 Å². The van der Waals surface area contributed by atoms with Crippen LogP contribution in [0, 0.1) is 11.5 Å². The van der Waals surface area contributed by atoms with Gasteiger partial charge in [-0.3, -0.25) is 20.0 Å². The summed E-state index contributed by atoms with van der Waals surface area (Å²) in [4.78, 5) is 21.8. The second-order valence-corrected chi connectivity index (χ2v) is 4.77. The Labute approximate surface area is 121 Å². The number of thioether (sulfide) groups is 1. The van der Waals surface area contributed by atoms with Crippen LogP contribution in [-0.4, -0.2) is 29.7 Å². The molecule has 0 unspecified atom stereocenters. The minimum absolute atomic E-state index is 0.0520. The maximum atomic E-state index is 11.8. The molecule has 1 aromatic rings. The van der Waals surface area contributed by atoms with Crippen molar-refractivity contribution >= 4 is 40.0 Å². The highest BCUT2D eigenvalue weighted by molar-refractivity contribution is 8.13. The van der Waals surface area contributed by atoms with Crippen LogP contribution in [0.3, 0.4) is 0 Å². The summed E-state index contributed by atoms with van der Waals surface area (Å²) in [6, 6.07) is 7.25. The van der Waals surface area contributed by atoms with Gasteiger partial charge >= 0.3 is 0 Å². The molecule has 1 aromatic carbocycles. The average molecular weight is 287 g/mol. The van der Waals surface area contributed by atoms with Gasteiger partial charge in [0, 0.05) is 0 Å². The van der Waals surface area contributed by atoms with Gasteiger partial charge in [0.05, 0.1) is 11.4 Å². The van der Waals surface area contributed by atoms with Gasteiger partial charge in [-0.15, -0.1) is 0 Å². The van der Waals surface area contributed by atoms with Crippen molar-refractivity contribution in [2.24, 2.45) is 9.98 Å². The number of aliphatic imine (C=N–C) groups is 2. The molecule has 1 heterocycles. The lowest BCUT2D eigenvalue weighted by molar-refractivity contribution is -0.115. The molecule has 0 saturated carbocycles. The molecule has 1 amide bonds. The van der Waals surface area contributed by atoms with Gasteiger partial charge in [-0.25, -0.2) is 4.99 Å². The number of rotatable bonds is 2. The fourth-order valence-electron chi connectivity index (χ4n) is 1.83. The zero-order valence-electron chi connectivity index (χ0n) is 11.1. The number of hydrogen-bond donors (Lipinski definition) is 1. The lowest BCUT2D eigenvalue weighted by atomic mass is 10.2. The van der Waals surface area contributed by atoms with E-state index in [0.29, 0.717) is 16.7 Å².